The molecule has 4 N–H and O–H groups in total. The van der Waals surface area contributed by atoms with Crippen molar-refractivity contribution in [1.29, 1.82) is 0 Å². The van der Waals surface area contributed by atoms with Gasteiger partial charge < -0.3 is 20.1 Å². The van der Waals surface area contributed by atoms with E-state index in [4.69, 9.17) is 9.72 Å². The number of hydrogen-bond donors (Lipinski definition) is 4. The van der Waals surface area contributed by atoms with Crippen molar-refractivity contribution in [3.05, 3.63) is 46.0 Å². The Morgan fingerprint density at radius 2 is 1.97 bits per heavy atom. The predicted molar refractivity (Wildman–Crippen MR) is 146 cm³/mol. The molecule has 0 amide bonds. The molecule has 0 atom stereocenters. The number of nitrogens with zero attached hydrogens (tertiary/aromatic N) is 4. The first-order valence-electron chi connectivity index (χ1n) is 12.2. The summed E-state index contributed by atoms with van der Waals surface area (Å²) in [5.74, 6) is 1.23. The molecule has 3 aromatic rings. The van der Waals surface area contributed by atoms with Crippen molar-refractivity contribution < 1.29 is 23.1 Å². The van der Waals surface area contributed by atoms with Crippen LogP contribution in [0, 0.1) is 6.92 Å². The predicted octanol–water partition coefficient (Wildman–Crippen LogP) is 2.43. The lowest BCUT2D eigenvalue weighted by molar-refractivity contribution is 0.0531. The second-order valence-corrected chi connectivity index (χ2v) is 11.4. The first kappa shape index (κ1) is 27.7. The van der Waals surface area contributed by atoms with E-state index in [1.165, 1.54) is 18.4 Å². The van der Waals surface area contributed by atoms with Crippen molar-refractivity contribution in [2.24, 2.45) is 0 Å². The molecule has 14 heteroatoms. The topological polar surface area (TPSA) is 159 Å². The van der Waals surface area contributed by atoms with Gasteiger partial charge in [0, 0.05) is 25.2 Å². The summed E-state index contributed by atoms with van der Waals surface area (Å²) in [5, 5.41) is 16.1. The van der Waals surface area contributed by atoms with Crippen molar-refractivity contribution in [3.63, 3.8) is 0 Å². The van der Waals surface area contributed by atoms with E-state index in [1.807, 2.05) is 0 Å². The van der Waals surface area contributed by atoms with E-state index in [0.717, 1.165) is 36.3 Å². The van der Waals surface area contributed by atoms with E-state index in [1.54, 1.807) is 38.1 Å². The highest BCUT2D eigenvalue weighted by molar-refractivity contribution is 7.89. The monoisotopic (exact) mass is 561 g/mol. The fourth-order valence-corrected chi connectivity index (χ4v) is 5.67. The fourth-order valence-electron chi connectivity index (χ4n) is 4.09. The van der Waals surface area contributed by atoms with E-state index < -0.39 is 16.0 Å². The summed E-state index contributed by atoms with van der Waals surface area (Å²) < 4.78 is 31.6. The summed E-state index contributed by atoms with van der Waals surface area (Å²) in [5.41, 5.74) is 2.42. The van der Waals surface area contributed by atoms with Crippen molar-refractivity contribution >= 4 is 50.0 Å². The third-order valence-electron chi connectivity index (χ3n) is 5.90. The van der Waals surface area contributed by atoms with Crippen molar-refractivity contribution in [3.8, 4) is 0 Å². The maximum Gasteiger partial charge on any atom is 0.350 e. The largest absolute Gasteiger partial charge is 0.462 e. The highest BCUT2D eigenvalue weighted by Crippen LogP contribution is 2.34. The van der Waals surface area contributed by atoms with Gasteiger partial charge in [0.25, 0.3) is 0 Å². The summed E-state index contributed by atoms with van der Waals surface area (Å²) in [6, 6.07) is 6.75. The smallest absolute Gasteiger partial charge is 0.350 e. The van der Waals surface area contributed by atoms with Gasteiger partial charge in [-0.2, -0.15) is 9.97 Å². The van der Waals surface area contributed by atoms with Crippen molar-refractivity contribution in [2.45, 2.75) is 38.1 Å². The van der Waals surface area contributed by atoms with Crippen molar-refractivity contribution in [1.82, 2.24) is 19.7 Å². The summed E-state index contributed by atoms with van der Waals surface area (Å²) in [6.45, 7) is 5.31. The number of ether oxygens (including phenoxy) is 1. The average molecular weight is 562 g/mol. The molecular formula is C24H31N7O5S2. The Labute approximate surface area is 225 Å². The second-order valence-electron chi connectivity index (χ2n) is 8.50. The molecule has 3 heterocycles. The maximum atomic E-state index is 12.2. The van der Waals surface area contributed by atoms with Crippen LogP contribution in [-0.2, 0) is 27.7 Å². The van der Waals surface area contributed by atoms with Gasteiger partial charge in [0.1, 0.15) is 16.5 Å². The Balaban J connectivity index is 1.64. The molecule has 0 saturated heterocycles. The Morgan fingerprint density at radius 3 is 2.66 bits per heavy atom. The van der Waals surface area contributed by atoms with Gasteiger partial charge in [-0.05, 0) is 51.4 Å². The zero-order chi connectivity index (χ0) is 27.3. The zero-order valence-corrected chi connectivity index (χ0v) is 23.1. The Morgan fingerprint density at radius 1 is 1.21 bits per heavy atom. The average Bonchev–Trinajstić information content (AvgIpc) is 3.28. The number of rotatable bonds is 11. The van der Waals surface area contributed by atoms with E-state index in [0.29, 0.717) is 40.6 Å². The van der Waals surface area contributed by atoms with Crippen LogP contribution in [0.5, 0.6) is 0 Å². The molecule has 4 rings (SSSR count). The lowest BCUT2D eigenvalue weighted by atomic mass is 10.0. The number of carbonyl (C=O) groups is 1. The van der Waals surface area contributed by atoms with Crippen LogP contribution in [0.1, 0.15) is 39.8 Å². The third kappa shape index (κ3) is 6.20. The fraction of sp³-hybridized carbons (Fsp3) is 0.417. The van der Waals surface area contributed by atoms with Gasteiger partial charge >= 0.3 is 5.97 Å². The minimum Gasteiger partial charge on any atom is -0.462 e. The number of aryl methyl sites for hydroxylation is 1. The van der Waals surface area contributed by atoms with E-state index in [2.05, 4.69) is 30.2 Å². The molecule has 0 spiro atoms. The molecule has 0 unspecified atom stereocenters. The summed E-state index contributed by atoms with van der Waals surface area (Å²) >= 11 is 1.17. The van der Waals surface area contributed by atoms with E-state index in [9.17, 15) is 18.3 Å². The van der Waals surface area contributed by atoms with Gasteiger partial charge in [0.15, 0.2) is 5.13 Å². The minimum absolute atomic E-state index is 0.0539. The van der Waals surface area contributed by atoms with Gasteiger partial charge in [-0.15, -0.1) is 0 Å². The first-order valence-corrected chi connectivity index (χ1v) is 14.5. The van der Waals surface area contributed by atoms with Gasteiger partial charge in [-0.3, -0.25) is 5.32 Å². The molecule has 0 fully saturated rings. The SMILES string of the molecule is CCOC(=O)c1sc(Nc2nc(NCCO)c3c(n2)N(Cc2ccc(S(=O)(=O)NC)cc2)CCC3)nc1C. The van der Waals surface area contributed by atoms with E-state index in [-0.39, 0.29) is 18.1 Å². The lowest BCUT2D eigenvalue weighted by Gasteiger charge is -2.31. The summed E-state index contributed by atoms with van der Waals surface area (Å²) in [6.07, 6.45) is 1.65. The molecule has 12 nitrogen and oxygen atoms in total. The molecule has 0 saturated carbocycles. The highest BCUT2D eigenvalue weighted by atomic mass is 32.2. The molecular weight excluding hydrogens is 530 g/mol. The number of hydrogen-bond acceptors (Lipinski definition) is 12. The molecule has 1 aliphatic rings. The van der Waals surface area contributed by atoms with Gasteiger partial charge in [-0.25, -0.2) is 22.9 Å². The number of thiazole rings is 1. The maximum absolute atomic E-state index is 12.2. The molecule has 0 aliphatic carbocycles. The van der Waals surface area contributed by atoms with Crippen LogP contribution < -0.4 is 20.3 Å². The molecule has 0 bridgehead atoms. The first-order chi connectivity index (χ1) is 18.2. The quantitative estimate of drug-likeness (QED) is 0.255. The molecule has 0 radical (unpaired) electrons. The number of carbonyl (C=O) groups excluding carboxylic acids is 1. The minimum atomic E-state index is -3.51. The summed E-state index contributed by atoms with van der Waals surface area (Å²) in [7, 11) is -2.13. The Bertz CT molecular complexity index is 1390. The van der Waals surface area contributed by atoms with Gasteiger partial charge in [-0.1, -0.05) is 23.5 Å². The van der Waals surface area contributed by atoms with Crippen LogP contribution in [-0.4, -0.2) is 67.8 Å². The van der Waals surface area contributed by atoms with Crippen LogP contribution in [0.15, 0.2) is 29.2 Å². The van der Waals surface area contributed by atoms with Crippen LogP contribution in [0.4, 0.5) is 22.7 Å². The number of fused-ring (bicyclic) bond motifs is 1. The van der Waals surface area contributed by atoms with Crippen LogP contribution in [0.2, 0.25) is 0 Å². The molecule has 1 aliphatic heterocycles. The Kier molecular flexibility index (Phi) is 8.76. The van der Waals surface area contributed by atoms with E-state index >= 15 is 0 Å². The molecule has 204 valence electrons. The number of aromatic nitrogens is 3. The number of aliphatic hydroxyl groups is 1. The van der Waals surface area contributed by atoms with Crippen LogP contribution >= 0.6 is 11.3 Å². The third-order valence-corrected chi connectivity index (χ3v) is 8.38. The van der Waals surface area contributed by atoms with Crippen LogP contribution in [0.25, 0.3) is 0 Å². The molecule has 2 aromatic heterocycles. The zero-order valence-electron chi connectivity index (χ0n) is 21.4. The number of nitrogens with one attached hydrogen (secondary N) is 3. The highest BCUT2D eigenvalue weighted by Gasteiger charge is 2.25. The number of aliphatic hydroxyl groups excluding tert-OH is 1. The summed E-state index contributed by atoms with van der Waals surface area (Å²) in [4.78, 5) is 28.8. The van der Waals surface area contributed by atoms with Crippen molar-refractivity contribution in [2.75, 3.05) is 48.9 Å². The molecule has 38 heavy (non-hydrogen) atoms. The second kappa shape index (κ2) is 12.0. The van der Waals surface area contributed by atoms with Crippen LogP contribution in [0.3, 0.4) is 0 Å². The number of sulfonamides is 1. The number of anilines is 4. The molecule has 1 aromatic carbocycles. The number of benzene rings is 1. The van der Waals surface area contributed by atoms with Gasteiger partial charge in [0.2, 0.25) is 16.0 Å². The number of esters is 1. The normalized spacial score (nSPS) is 13.2. The standard InChI is InChI=1S/C24H31N7O5S2/c1-4-36-22(33)19-15(2)27-24(37-19)30-23-28-20(26-11-13-32)18-6-5-12-31(21(18)29-23)14-16-7-9-17(10-8-16)38(34,35)25-3/h7-10,25,32H,4-6,11-14H2,1-3H3,(H2,26,27,28,29,30). The Hall–Kier alpha value is -3.33. The van der Waals surface area contributed by atoms with Gasteiger partial charge in [0.05, 0.1) is 23.8 Å². The lowest BCUT2D eigenvalue weighted by Crippen LogP contribution is -2.31.